The van der Waals surface area contributed by atoms with Gasteiger partial charge in [-0.2, -0.15) is 0 Å². The first-order chi connectivity index (χ1) is 8.50. The van der Waals surface area contributed by atoms with E-state index in [1.807, 2.05) is 19.0 Å². The Morgan fingerprint density at radius 3 is 2.39 bits per heavy atom. The highest BCUT2D eigenvalue weighted by Gasteiger charge is 2.46. The van der Waals surface area contributed by atoms with Crippen LogP contribution in [0.15, 0.2) is 18.2 Å². The molecule has 0 aliphatic heterocycles. The summed E-state index contributed by atoms with van der Waals surface area (Å²) in [6.07, 6.45) is 2.81. The highest BCUT2D eigenvalue weighted by molar-refractivity contribution is 5.25. The number of rotatable bonds is 4. The van der Waals surface area contributed by atoms with Crippen LogP contribution in [0.5, 0.6) is 0 Å². The molecule has 0 spiro atoms. The van der Waals surface area contributed by atoms with Crippen LogP contribution < -0.4 is 0 Å². The molecule has 1 aliphatic carbocycles. The zero-order chi connectivity index (χ0) is 13.3. The van der Waals surface area contributed by atoms with Crippen LogP contribution in [0.2, 0.25) is 0 Å². The molecule has 4 heteroatoms. The second-order valence-corrected chi connectivity index (χ2v) is 5.41. The minimum Gasteiger partial charge on any atom is -0.396 e. The molecule has 0 amide bonds. The third-order valence-electron chi connectivity index (χ3n) is 4.02. The first-order valence-corrected chi connectivity index (χ1v) is 6.22. The van der Waals surface area contributed by atoms with Crippen LogP contribution >= 0.6 is 0 Å². The summed E-state index contributed by atoms with van der Waals surface area (Å²) in [5.41, 5.74) is 0.178. The van der Waals surface area contributed by atoms with Crippen molar-refractivity contribution in [3.63, 3.8) is 0 Å². The van der Waals surface area contributed by atoms with E-state index in [2.05, 4.69) is 0 Å². The van der Waals surface area contributed by atoms with Gasteiger partial charge in [0, 0.05) is 23.1 Å². The first kappa shape index (κ1) is 13.4. The Bertz CT molecular complexity index is 424. The van der Waals surface area contributed by atoms with E-state index in [4.69, 9.17) is 0 Å². The molecule has 0 heterocycles. The van der Waals surface area contributed by atoms with Gasteiger partial charge in [0.2, 0.25) is 0 Å². The number of benzene rings is 1. The molecule has 18 heavy (non-hydrogen) atoms. The van der Waals surface area contributed by atoms with E-state index in [1.165, 1.54) is 12.1 Å². The maximum absolute atomic E-state index is 13.9. The van der Waals surface area contributed by atoms with E-state index >= 15 is 0 Å². The number of halogens is 2. The van der Waals surface area contributed by atoms with Crippen LogP contribution in [-0.2, 0) is 0 Å². The standard InChI is InChI=1S/C14H19F2NO/c1-17(2)13(14(9-18)6-3-7-14)11-5-4-10(15)8-12(11)16/h4-5,8,13,18H,3,6-7,9H2,1-2H3. The number of aliphatic hydroxyl groups is 1. The molecule has 1 fully saturated rings. The molecule has 0 saturated heterocycles. The Hall–Kier alpha value is -1.00. The van der Waals surface area contributed by atoms with E-state index in [0.29, 0.717) is 5.56 Å². The molecular weight excluding hydrogens is 236 g/mol. The lowest BCUT2D eigenvalue weighted by Gasteiger charge is -2.49. The molecule has 1 saturated carbocycles. The molecule has 0 radical (unpaired) electrons. The Morgan fingerprint density at radius 1 is 1.33 bits per heavy atom. The normalized spacial score (nSPS) is 19.7. The van der Waals surface area contributed by atoms with E-state index in [-0.39, 0.29) is 18.1 Å². The predicted octanol–water partition coefficient (Wildman–Crippen LogP) is 2.73. The van der Waals surface area contributed by atoms with Gasteiger partial charge in [0.25, 0.3) is 0 Å². The van der Waals surface area contributed by atoms with Gasteiger partial charge >= 0.3 is 0 Å². The summed E-state index contributed by atoms with van der Waals surface area (Å²) < 4.78 is 26.9. The van der Waals surface area contributed by atoms with Gasteiger partial charge in [0.1, 0.15) is 11.6 Å². The Balaban J connectivity index is 2.41. The lowest BCUT2D eigenvalue weighted by molar-refractivity contribution is -0.0321. The monoisotopic (exact) mass is 255 g/mol. The van der Waals surface area contributed by atoms with Crippen molar-refractivity contribution in [3.05, 3.63) is 35.4 Å². The maximum atomic E-state index is 13.9. The Morgan fingerprint density at radius 2 is 2.00 bits per heavy atom. The molecule has 1 aromatic rings. The second-order valence-electron chi connectivity index (χ2n) is 5.41. The van der Waals surface area contributed by atoms with Crippen LogP contribution in [-0.4, -0.2) is 30.7 Å². The first-order valence-electron chi connectivity index (χ1n) is 6.22. The van der Waals surface area contributed by atoms with Gasteiger partial charge < -0.3 is 10.0 Å². The van der Waals surface area contributed by atoms with Crippen molar-refractivity contribution in [1.82, 2.24) is 4.90 Å². The zero-order valence-electron chi connectivity index (χ0n) is 10.8. The molecule has 1 atom stereocenters. The molecule has 1 aromatic carbocycles. The lowest BCUT2D eigenvalue weighted by Crippen LogP contribution is -2.45. The Kier molecular flexibility index (Phi) is 3.69. The van der Waals surface area contributed by atoms with E-state index < -0.39 is 11.6 Å². The van der Waals surface area contributed by atoms with Gasteiger partial charge in [0.15, 0.2) is 0 Å². The molecule has 1 unspecified atom stereocenters. The van der Waals surface area contributed by atoms with Crippen molar-refractivity contribution in [3.8, 4) is 0 Å². The van der Waals surface area contributed by atoms with E-state index in [1.54, 1.807) is 0 Å². The van der Waals surface area contributed by atoms with Gasteiger partial charge in [-0.05, 0) is 33.0 Å². The molecule has 0 aromatic heterocycles. The summed E-state index contributed by atoms with van der Waals surface area (Å²) in [5, 5.41) is 9.64. The molecule has 1 aliphatic rings. The van der Waals surface area contributed by atoms with Crippen molar-refractivity contribution in [2.75, 3.05) is 20.7 Å². The highest BCUT2D eigenvalue weighted by Crippen LogP contribution is 2.52. The fourth-order valence-corrected chi connectivity index (χ4v) is 3.03. The van der Waals surface area contributed by atoms with Crippen LogP contribution in [0.1, 0.15) is 30.9 Å². The minimum atomic E-state index is -0.569. The quantitative estimate of drug-likeness (QED) is 0.894. The topological polar surface area (TPSA) is 23.5 Å². The number of aliphatic hydroxyl groups excluding tert-OH is 1. The maximum Gasteiger partial charge on any atom is 0.130 e. The van der Waals surface area contributed by atoms with Crippen molar-refractivity contribution in [1.29, 1.82) is 0 Å². The molecule has 100 valence electrons. The van der Waals surface area contributed by atoms with E-state index in [0.717, 1.165) is 25.3 Å². The number of nitrogens with zero attached hydrogens (tertiary/aromatic N) is 1. The summed E-state index contributed by atoms with van der Waals surface area (Å²) >= 11 is 0. The largest absolute Gasteiger partial charge is 0.396 e. The lowest BCUT2D eigenvalue weighted by atomic mass is 9.62. The van der Waals surface area contributed by atoms with Gasteiger partial charge in [-0.1, -0.05) is 12.5 Å². The van der Waals surface area contributed by atoms with Crippen LogP contribution in [0.3, 0.4) is 0 Å². The molecule has 1 N–H and O–H groups in total. The van der Waals surface area contributed by atoms with Gasteiger partial charge in [-0.15, -0.1) is 0 Å². The Labute approximate surface area is 106 Å². The smallest absolute Gasteiger partial charge is 0.130 e. The van der Waals surface area contributed by atoms with Crippen molar-refractivity contribution in [2.45, 2.75) is 25.3 Å². The van der Waals surface area contributed by atoms with Gasteiger partial charge in [0.05, 0.1) is 6.61 Å². The predicted molar refractivity (Wildman–Crippen MR) is 66.2 cm³/mol. The van der Waals surface area contributed by atoms with Crippen molar-refractivity contribution in [2.24, 2.45) is 5.41 Å². The van der Waals surface area contributed by atoms with Gasteiger partial charge in [-0.3, -0.25) is 0 Å². The highest BCUT2D eigenvalue weighted by atomic mass is 19.1. The molecule has 2 rings (SSSR count). The summed E-state index contributed by atoms with van der Waals surface area (Å²) in [6.45, 7) is 0.0344. The second kappa shape index (κ2) is 4.94. The van der Waals surface area contributed by atoms with E-state index in [9.17, 15) is 13.9 Å². The summed E-state index contributed by atoms with van der Waals surface area (Å²) in [6, 6.07) is 3.47. The fraction of sp³-hybridized carbons (Fsp3) is 0.571. The van der Waals surface area contributed by atoms with Crippen molar-refractivity contribution >= 4 is 0 Å². The molecule has 2 nitrogen and oxygen atoms in total. The van der Waals surface area contributed by atoms with Crippen molar-refractivity contribution < 1.29 is 13.9 Å². The number of hydrogen-bond acceptors (Lipinski definition) is 2. The molecular formula is C14H19F2NO. The SMILES string of the molecule is CN(C)C(c1ccc(F)cc1F)C1(CO)CCC1. The molecule has 0 bridgehead atoms. The summed E-state index contributed by atoms with van der Waals surface area (Å²) in [7, 11) is 3.73. The average Bonchev–Trinajstić information content (AvgIpc) is 2.24. The number of hydrogen-bond donors (Lipinski definition) is 1. The van der Waals surface area contributed by atoms with Crippen LogP contribution in [0, 0.1) is 17.0 Å². The zero-order valence-corrected chi connectivity index (χ0v) is 10.8. The van der Waals surface area contributed by atoms with Crippen LogP contribution in [0.4, 0.5) is 8.78 Å². The van der Waals surface area contributed by atoms with Crippen LogP contribution in [0.25, 0.3) is 0 Å². The minimum absolute atomic E-state index is 0.0344. The third-order valence-corrected chi connectivity index (χ3v) is 4.02. The average molecular weight is 255 g/mol. The summed E-state index contributed by atoms with van der Waals surface area (Å²) in [5.74, 6) is -1.10. The summed E-state index contributed by atoms with van der Waals surface area (Å²) in [4.78, 5) is 1.91. The van der Waals surface area contributed by atoms with Gasteiger partial charge in [-0.25, -0.2) is 8.78 Å². The third kappa shape index (κ3) is 2.15. The fourth-order valence-electron chi connectivity index (χ4n) is 3.03.